The highest BCUT2D eigenvalue weighted by atomic mass is 16.6. The van der Waals surface area contributed by atoms with Gasteiger partial charge in [-0.2, -0.15) is 0 Å². The van der Waals surface area contributed by atoms with E-state index in [1.807, 2.05) is 84.9 Å². The minimum absolute atomic E-state index is 0.0788. The summed E-state index contributed by atoms with van der Waals surface area (Å²) in [5, 5.41) is 2.08. The molecule has 31 heavy (non-hydrogen) atoms. The van der Waals surface area contributed by atoms with Gasteiger partial charge in [0.2, 0.25) is 5.91 Å². The summed E-state index contributed by atoms with van der Waals surface area (Å²) in [5.74, 6) is -1.64. The zero-order chi connectivity index (χ0) is 21.0. The van der Waals surface area contributed by atoms with Crippen LogP contribution in [0, 0.1) is 11.8 Å². The van der Waals surface area contributed by atoms with E-state index < -0.39 is 23.5 Å². The lowest BCUT2D eigenvalue weighted by Crippen LogP contribution is -2.40. The van der Waals surface area contributed by atoms with Crippen molar-refractivity contribution in [2.24, 2.45) is 11.8 Å². The van der Waals surface area contributed by atoms with E-state index in [4.69, 9.17) is 9.47 Å². The fourth-order valence-corrected chi connectivity index (χ4v) is 5.24. The van der Waals surface area contributed by atoms with Crippen molar-refractivity contribution in [3.63, 3.8) is 0 Å². The van der Waals surface area contributed by atoms with Gasteiger partial charge in [-0.3, -0.25) is 9.59 Å². The Balaban J connectivity index is 1.30. The van der Waals surface area contributed by atoms with Gasteiger partial charge in [0.15, 0.2) is 0 Å². The van der Waals surface area contributed by atoms with Crippen LogP contribution >= 0.6 is 0 Å². The Kier molecular flexibility index (Phi) is 4.02. The van der Waals surface area contributed by atoms with Gasteiger partial charge in [0.25, 0.3) is 0 Å². The molecule has 5 heteroatoms. The van der Waals surface area contributed by atoms with E-state index in [0.717, 1.165) is 22.0 Å². The molecule has 5 nitrogen and oxygen atoms in total. The molecule has 0 N–H and O–H groups in total. The third-order valence-corrected chi connectivity index (χ3v) is 6.65. The molecule has 2 bridgehead atoms. The fraction of sp³-hybridized carbons (Fsp3) is 0.231. The van der Waals surface area contributed by atoms with Gasteiger partial charge in [-0.25, -0.2) is 0 Å². The lowest BCUT2D eigenvalue weighted by molar-refractivity contribution is -0.153. The van der Waals surface area contributed by atoms with Crippen LogP contribution in [0.5, 0.6) is 0 Å². The maximum absolute atomic E-state index is 13.6. The first-order valence-corrected chi connectivity index (χ1v) is 10.5. The molecular formula is C26H21NO4. The number of benzene rings is 3. The van der Waals surface area contributed by atoms with E-state index in [9.17, 15) is 9.59 Å². The Morgan fingerprint density at radius 1 is 1.03 bits per heavy atom. The first-order chi connectivity index (χ1) is 15.2. The van der Waals surface area contributed by atoms with E-state index in [1.54, 1.807) is 4.90 Å². The third-order valence-electron chi connectivity index (χ3n) is 6.65. The number of amides is 1. The quantitative estimate of drug-likeness (QED) is 0.483. The minimum Gasteiger partial charge on any atom is -0.460 e. The summed E-state index contributed by atoms with van der Waals surface area (Å²) < 4.78 is 11.8. The molecule has 3 aliphatic rings. The molecule has 1 amide bonds. The van der Waals surface area contributed by atoms with Gasteiger partial charge < -0.3 is 14.4 Å². The summed E-state index contributed by atoms with van der Waals surface area (Å²) in [6.45, 7) is 0.591. The molecular weight excluding hydrogens is 390 g/mol. The first kappa shape index (κ1) is 18.3. The maximum atomic E-state index is 13.6. The van der Waals surface area contributed by atoms with E-state index in [-0.39, 0.29) is 18.5 Å². The third kappa shape index (κ3) is 2.73. The Labute approximate surface area is 179 Å². The first-order valence-electron chi connectivity index (χ1n) is 10.5. The average Bonchev–Trinajstić information content (AvgIpc) is 3.46. The van der Waals surface area contributed by atoms with Crippen molar-refractivity contribution in [3.05, 3.63) is 90.5 Å². The Morgan fingerprint density at radius 3 is 2.68 bits per heavy atom. The number of nitrogens with zero attached hydrogens (tertiary/aromatic N) is 1. The van der Waals surface area contributed by atoms with Crippen LogP contribution in [0.2, 0.25) is 0 Å². The number of fused-ring (bicyclic) bond motifs is 2. The van der Waals surface area contributed by atoms with Crippen molar-refractivity contribution >= 4 is 28.3 Å². The number of ether oxygens (including phenoxy) is 2. The van der Waals surface area contributed by atoms with E-state index in [1.165, 1.54) is 0 Å². The van der Waals surface area contributed by atoms with Gasteiger partial charge in [0.05, 0.1) is 24.3 Å². The van der Waals surface area contributed by atoms with E-state index >= 15 is 0 Å². The van der Waals surface area contributed by atoms with Crippen molar-refractivity contribution in [1.29, 1.82) is 0 Å². The smallest absolute Gasteiger partial charge is 0.313 e. The highest BCUT2D eigenvalue weighted by Crippen LogP contribution is 2.53. The molecule has 3 aliphatic heterocycles. The summed E-state index contributed by atoms with van der Waals surface area (Å²) in [4.78, 5) is 28.4. The normalized spacial score (nSPS) is 28.3. The molecule has 6 rings (SSSR count). The summed E-state index contributed by atoms with van der Waals surface area (Å²) in [6, 6.07) is 23.5. The van der Waals surface area contributed by atoms with E-state index in [0.29, 0.717) is 6.54 Å². The van der Waals surface area contributed by atoms with Crippen LogP contribution in [0.4, 0.5) is 5.69 Å². The topological polar surface area (TPSA) is 55.8 Å². The highest BCUT2D eigenvalue weighted by molar-refractivity contribution is 6.08. The summed E-state index contributed by atoms with van der Waals surface area (Å²) >= 11 is 0. The Hall–Kier alpha value is -3.44. The second kappa shape index (κ2) is 6.79. The molecule has 0 radical (unpaired) electrons. The largest absolute Gasteiger partial charge is 0.460 e. The zero-order valence-electron chi connectivity index (χ0n) is 16.8. The van der Waals surface area contributed by atoms with Crippen molar-refractivity contribution < 1.29 is 19.1 Å². The van der Waals surface area contributed by atoms with Gasteiger partial charge in [-0.1, -0.05) is 78.9 Å². The number of carbonyl (C=O) groups excluding carboxylic acids is 2. The number of carbonyl (C=O) groups is 2. The molecule has 154 valence electrons. The van der Waals surface area contributed by atoms with Crippen LogP contribution < -0.4 is 4.90 Å². The van der Waals surface area contributed by atoms with Gasteiger partial charge in [-0.05, 0) is 17.0 Å². The van der Waals surface area contributed by atoms with Gasteiger partial charge in [0.1, 0.15) is 18.1 Å². The van der Waals surface area contributed by atoms with Gasteiger partial charge >= 0.3 is 5.97 Å². The molecule has 2 saturated heterocycles. The fourth-order valence-electron chi connectivity index (χ4n) is 5.24. The van der Waals surface area contributed by atoms with Crippen LogP contribution in [0.25, 0.3) is 10.8 Å². The zero-order valence-corrected chi connectivity index (χ0v) is 16.8. The molecule has 3 aromatic rings. The SMILES string of the molecule is O=C(OCc1ccccc1)C1C2C=CC3(CN(c4cccc5ccccc45)C(=O)C13)O2. The van der Waals surface area contributed by atoms with Crippen molar-refractivity contribution in [2.75, 3.05) is 11.4 Å². The standard InChI is InChI=1S/C26H21NO4/c28-24-23-22(25(29)30-15-17-7-2-1-3-8-17)21-13-14-26(23,31-21)16-27(24)20-12-6-10-18-9-4-5-11-19(18)20/h1-14,21-23H,15-16H2. The summed E-state index contributed by atoms with van der Waals surface area (Å²) in [7, 11) is 0. The molecule has 3 aromatic carbocycles. The summed E-state index contributed by atoms with van der Waals surface area (Å²) in [5.41, 5.74) is 0.999. The van der Waals surface area contributed by atoms with Crippen molar-refractivity contribution in [1.82, 2.24) is 0 Å². The van der Waals surface area contributed by atoms with Crippen molar-refractivity contribution in [3.8, 4) is 0 Å². The second-order valence-corrected chi connectivity index (χ2v) is 8.42. The average molecular weight is 411 g/mol. The Bertz CT molecular complexity index is 1220. The number of rotatable bonds is 4. The van der Waals surface area contributed by atoms with Crippen LogP contribution in [-0.2, 0) is 25.7 Å². The molecule has 0 aliphatic carbocycles. The second-order valence-electron chi connectivity index (χ2n) is 8.42. The monoisotopic (exact) mass is 411 g/mol. The predicted octanol–water partition coefficient (Wildman–Crippen LogP) is 3.87. The van der Waals surface area contributed by atoms with Crippen molar-refractivity contribution in [2.45, 2.75) is 18.3 Å². The molecule has 1 spiro atoms. The maximum Gasteiger partial charge on any atom is 0.313 e. The minimum atomic E-state index is -0.769. The number of hydrogen-bond donors (Lipinski definition) is 0. The van der Waals surface area contributed by atoms with Gasteiger partial charge in [-0.15, -0.1) is 0 Å². The summed E-state index contributed by atoms with van der Waals surface area (Å²) in [6.07, 6.45) is 3.46. The van der Waals surface area contributed by atoms with Gasteiger partial charge in [0, 0.05) is 5.39 Å². The molecule has 0 saturated carbocycles. The van der Waals surface area contributed by atoms with Crippen LogP contribution in [0.3, 0.4) is 0 Å². The predicted molar refractivity (Wildman–Crippen MR) is 116 cm³/mol. The molecule has 4 atom stereocenters. The molecule has 3 heterocycles. The number of hydrogen-bond acceptors (Lipinski definition) is 4. The van der Waals surface area contributed by atoms with E-state index in [2.05, 4.69) is 0 Å². The lowest BCUT2D eigenvalue weighted by Gasteiger charge is -2.23. The molecule has 4 unspecified atom stereocenters. The molecule has 0 aromatic heterocycles. The van der Waals surface area contributed by atoms with Crippen LogP contribution in [0.15, 0.2) is 84.9 Å². The molecule has 2 fully saturated rings. The number of anilines is 1. The Morgan fingerprint density at radius 2 is 1.81 bits per heavy atom. The van der Waals surface area contributed by atoms with Crippen LogP contribution in [0.1, 0.15) is 5.56 Å². The van der Waals surface area contributed by atoms with Crippen LogP contribution in [-0.4, -0.2) is 30.1 Å². The highest BCUT2D eigenvalue weighted by Gasteiger charge is 2.67. The lowest BCUT2D eigenvalue weighted by atomic mass is 9.77. The number of esters is 1.